The van der Waals surface area contributed by atoms with Crippen LogP contribution in [-0.4, -0.2) is 29.1 Å². The van der Waals surface area contributed by atoms with E-state index >= 15 is 0 Å². The summed E-state index contributed by atoms with van der Waals surface area (Å²) in [4.78, 5) is 39.1. The Morgan fingerprint density at radius 1 is 1.11 bits per heavy atom. The average Bonchev–Trinajstić information content (AvgIpc) is 3.10. The third-order valence-corrected chi connectivity index (χ3v) is 7.27. The number of nitrogens with zero attached hydrogens (tertiary/aromatic N) is 1. The third kappa shape index (κ3) is 5.44. The van der Waals surface area contributed by atoms with Crippen LogP contribution in [0.25, 0.3) is 6.08 Å². The lowest BCUT2D eigenvalue weighted by Crippen LogP contribution is -2.28. The minimum atomic E-state index is -0.680. The highest BCUT2D eigenvalue weighted by molar-refractivity contribution is 9.10. The molecule has 11 heteroatoms. The normalized spacial score (nSPS) is 14.5. The summed E-state index contributed by atoms with van der Waals surface area (Å²) in [5.41, 5.74) is 0.725. The Morgan fingerprint density at radius 2 is 1.83 bits per heavy atom. The zero-order valence-corrected chi connectivity index (χ0v) is 22.3. The highest BCUT2D eigenvalue weighted by Crippen LogP contribution is 2.40. The van der Waals surface area contributed by atoms with Crippen LogP contribution in [0.3, 0.4) is 0 Å². The van der Waals surface area contributed by atoms with Crippen LogP contribution in [0.15, 0.2) is 64.0 Å². The molecule has 0 atom stereocenters. The summed E-state index contributed by atoms with van der Waals surface area (Å²) in [6, 6.07) is 13.7. The lowest BCUT2D eigenvalue weighted by atomic mass is 10.1. The van der Waals surface area contributed by atoms with E-state index in [0.717, 1.165) is 16.7 Å². The Labute approximate surface area is 228 Å². The molecule has 3 aromatic rings. The number of esters is 1. The molecule has 1 aliphatic heterocycles. The van der Waals surface area contributed by atoms with Crippen LogP contribution in [0.4, 0.5) is 9.18 Å². The van der Waals surface area contributed by atoms with Crippen molar-refractivity contribution in [2.24, 2.45) is 0 Å². The molecule has 1 heterocycles. The fourth-order valence-electron chi connectivity index (χ4n) is 3.33. The molecule has 6 nitrogen and oxygen atoms in total. The van der Waals surface area contributed by atoms with Crippen molar-refractivity contribution in [2.75, 3.05) is 7.11 Å². The fourth-order valence-corrected chi connectivity index (χ4v) is 5.14. The van der Waals surface area contributed by atoms with E-state index in [9.17, 15) is 18.8 Å². The van der Waals surface area contributed by atoms with E-state index in [1.807, 2.05) is 0 Å². The minimum absolute atomic E-state index is 0.0526. The van der Waals surface area contributed by atoms with Crippen LogP contribution in [-0.2, 0) is 11.3 Å². The summed E-state index contributed by atoms with van der Waals surface area (Å²) in [7, 11) is 1.39. The summed E-state index contributed by atoms with van der Waals surface area (Å²) in [5.74, 6) is -1.56. The van der Waals surface area contributed by atoms with Gasteiger partial charge in [-0.3, -0.25) is 14.5 Å². The van der Waals surface area contributed by atoms with Gasteiger partial charge < -0.3 is 9.47 Å². The van der Waals surface area contributed by atoms with Gasteiger partial charge in [0.15, 0.2) is 11.5 Å². The number of rotatable bonds is 6. The SMILES string of the molecule is COc1cc(/C=C2\SC(=O)N(Cc3c(F)cccc3Cl)C2=O)cc(Br)c1OC(=O)c1ccccc1Cl. The maximum atomic E-state index is 14.2. The molecule has 2 amide bonds. The van der Waals surface area contributed by atoms with Gasteiger partial charge in [0.2, 0.25) is 0 Å². The fraction of sp³-hybridized carbons (Fsp3) is 0.0800. The van der Waals surface area contributed by atoms with E-state index < -0.39 is 22.9 Å². The highest BCUT2D eigenvalue weighted by Gasteiger charge is 2.36. The van der Waals surface area contributed by atoms with Crippen LogP contribution >= 0.6 is 50.9 Å². The molecule has 0 saturated carbocycles. The monoisotopic (exact) mass is 609 g/mol. The zero-order valence-electron chi connectivity index (χ0n) is 18.4. The molecule has 1 fully saturated rings. The molecule has 0 bridgehead atoms. The summed E-state index contributed by atoms with van der Waals surface area (Å²) in [6.45, 7) is -0.294. The lowest BCUT2D eigenvalue weighted by Gasteiger charge is -2.14. The number of carbonyl (C=O) groups excluding carboxylic acids is 3. The second kappa shape index (κ2) is 11.0. The van der Waals surface area contributed by atoms with E-state index in [-0.39, 0.29) is 44.1 Å². The number of thioether (sulfide) groups is 1. The van der Waals surface area contributed by atoms with Crippen LogP contribution < -0.4 is 9.47 Å². The number of imide groups is 1. The molecular weight excluding hydrogens is 596 g/mol. The number of benzene rings is 3. The Balaban J connectivity index is 1.59. The van der Waals surface area contributed by atoms with Crippen LogP contribution in [0.2, 0.25) is 10.0 Å². The minimum Gasteiger partial charge on any atom is -0.493 e. The molecule has 1 aliphatic rings. The molecule has 0 radical (unpaired) electrons. The maximum absolute atomic E-state index is 14.2. The van der Waals surface area contributed by atoms with Gasteiger partial charge in [0.05, 0.1) is 33.6 Å². The van der Waals surface area contributed by atoms with Gasteiger partial charge in [-0.05, 0) is 75.7 Å². The number of methoxy groups -OCH3 is 1. The van der Waals surface area contributed by atoms with Crippen LogP contribution in [0.5, 0.6) is 11.5 Å². The van der Waals surface area contributed by atoms with Gasteiger partial charge in [0, 0.05) is 10.6 Å². The Kier molecular flexibility index (Phi) is 8.04. The smallest absolute Gasteiger partial charge is 0.345 e. The van der Waals surface area contributed by atoms with Gasteiger partial charge in [-0.1, -0.05) is 41.4 Å². The van der Waals surface area contributed by atoms with Crippen molar-refractivity contribution in [3.63, 3.8) is 0 Å². The Hall–Kier alpha value is -2.85. The molecule has 0 N–H and O–H groups in total. The van der Waals surface area contributed by atoms with Gasteiger partial charge in [0.25, 0.3) is 11.1 Å². The topological polar surface area (TPSA) is 72.9 Å². The lowest BCUT2D eigenvalue weighted by molar-refractivity contribution is -0.123. The van der Waals surface area contributed by atoms with E-state index in [0.29, 0.717) is 10.0 Å². The van der Waals surface area contributed by atoms with Crippen molar-refractivity contribution in [1.29, 1.82) is 0 Å². The quantitative estimate of drug-likeness (QED) is 0.165. The maximum Gasteiger partial charge on any atom is 0.345 e. The second-order valence-electron chi connectivity index (χ2n) is 7.37. The molecule has 184 valence electrons. The zero-order chi connectivity index (χ0) is 26.0. The summed E-state index contributed by atoms with van der Waals surface area (Å²) < 4.78 is 25.4. The van der Waals surface area contributed by atoms with Crippen LogP contribution in [0, 0.1) is 5.82 Å². The van der Waals surface area contributed by atoms with Gasteiger partial charge in [-0.15, -0.1) is 0 Å². The molecule has 1 saturated heterocycles. The Morgan fingerprint density at radius 3 is 2.53 bits per heavy atom. The van der Waals surface area contributed by atoms with Crippen molar-refractivity contribution in [3.8, 4) is 11.5 Å². The van der Waals surface area contributed by atoms with Crippen molar-refractivity contribution < 1.29 is 28.2 Å². The molecule has 0 aliphatic carbocycles. The molecule has 3 aromatic carbocycles. The number of hydrogen-bond acceptors (Lipinski definition) is 6. The molecular formula is C25H15BrCl2FNO5S. The van der Waals surface area contributed by atoms with Gasteiger partial charge in [-0.2, -0.15) is 0 Å². The standard InChI is InChI=1S/C25H15BrCl2FNO5S/c1-34-20-10-13(9-16(26)22(20)35-24(32)14-5-2-3-6-17(14)27)11-21-23(31)30(25(33)36-21)12-15-18(28)7-4-8-19(15)29/h2-11H,12H2,1H3/b21-11-. The van der Waals surface area contributed by atoms with Crippen molar-refractivity contribution in [1.82, 2.24) is 4.90 Å². The van der Waals surface area contributed by atoms with Gasteiger partial charge in [-0.25, -0.2) is 9.18 Å². The molecule has 0 spiro atoms. The van der Waals surface area contributed by atoms with E-state index in [1.54, 1.807) is 30.3 Å². The first kappa shape index (κ1) is 26.2. The molecule has 0 aromatic heterocycles. The molecule has 4 rings (SSSR count). The summed E-state index contributed by atoms with van der Waals surface area (Å²) >= 11 is 16.2. The summed E-state index contributed by atoms with van der Waals surface area (Å²) in [5, 5.41) is -0.197. The van der Waals surface area contributed by atoms with Crippen LogP contribution in [0.1, 0.15) is 21.5 Å². The molecule has 0 unspecified atom stereocenters. The number of carbonyl (C=O) groups is 3. The second-order valence-corrected chi connectivity index (χ2v) is 10.0. The molecule has 36 heavy (non-hydrogen) atoms. The first-order chi connectivity index (χ1) is 17.2. The third-order valence-electron chi connectivity index (χ3n) is 5.09. The summed E-state index contributed by atoms with van der Waals surface area (Å²) in [6.07, 6.45) is 1.49. The number of halogens is 4. The predicted octanol–water partition coefficient (Wildman–Crippen LogP) is 7.36. The first-order valence-corrected chi connectivity index (χ1v) is 12.6. The van der Waals surface area contributed by atoms with Crippen molar-refractivity contribution in [2.45, 2.75) is 6.54 Å². The number of amides is 2. The first-order valence-electron chi connectivity index (χ1n) is 10.2. The van der Waals surface area contributed by atoms with Gasteiger partial charge in [0.1, 0.15) is 5.82 Å². The number of hydrogen-bond donors (Lipinski definition) is 0. The van der Waals surface area contributed by atoms with E-state index in [1.165, 1.54) is 37.5 Å². The van der Waals surface area contributed by atoms with Crippen molar-refractivity contribution in [3.05, 3.63) is 96.5 Å². The average molecular weight is 611 g/mol. The highest BCUT2D eigenvalue weighted by atomic mass is 79.9. The predicted molar refractivity (Wildman–Crippen MR) is 140 cm³/mol. The van der Waals surface area contributed by atoms with Crippen molar-refractivity contribution >= 4 is 74.1 Å². The Bertz CT molecular complexity index is 1410. The largest absolute Gasteiger partial charge is 0.493 e. The van der Waals surface area contributed by atoms with E-state index in [4.69, 9.17) is 32.7 Å². The number of ether oxygens (including phenoxy) is 2. The van der Waals surface area contributed by atoms with E-state index in [2.05, 4.69) is 15.9 Å². The van der Waals surface area contributed by atoms with Gasteiger partial charge >= 0.3 is 5.97 Å².